The van der Waals surface area contributed by atoms with Crippen LogP contribution in [0.4, 0.5) is 5.69 Å². The van der Waals surface area contributed by atoms with Crippen LogP contribution < -0.4 is 10.2 Å². The molecule has 118 valence electrons. The molecule has 1 fully saturated rings. The minimum atomic E-state index is -0.322. The molecule has 0 aliphatic carbocycles. The normalized spacial score (nSPS) is 18.0. The second kappa shape index (κ2) is 6.58. The summed E-state index contributed by atoms with van der Waals surface area (Å²) in [5.41, 5.74) is 2.22. The van der Waals surface area contributed by atoms with Crippen molar-refractivity contribution in [3.05, 3.63) is 41.7 Å². The summed E-state index contributed by atoms with van der Waals surface area (Å²) in [5, 5.41) is 20.1. The molecule has 1 aliphatic rings. The van der Waals surface area contributed by atoms with Crippen molar-refractivity contribution >= 4 is 11.6 Å². The number of carbonyl (C=O) groups excluding carboxylic acids is 1. The van der Waals surface area contributed by atoms with E-state index in [9.17, 15) is 4.79 Å². The van der Waals surface area contributed by atoms with Crippen molar-refractivity contribution in [2.75, 3.05) is 18.5 Å². The molecule has 0 bridgehead atoms. The summed E-state index contributed by atoms with van der Waals surface area (Å²) in [5.74, 6) is 0.0156. The lowest BCUT2D eigenvalue weighted by molar-refractivity contribution is -0.123. The van der Waals surface area contributed by atoms with E-state index in [-0.39, 0.29) is 11.9 Å². The number of aromatic nitrogens is 3. The smallest absolute Gasteiger partial charge is 0.251 e. The molecular weight excluding hydrogens is 292 g/mol. The first-order valence-electron chi connectivity index (χ1n) is 7.60. The summed E-state index contributed by atoms with van der Waals surface area (Å²) in [4.78, 5) is 14.6. The Labute approximate surface area is 134 Å². The van der Waals surface area contributed by atoms with E-state index in [4.69, 9.17) is 5.26 Å². The third-order valence-electron chi connectivity index (χ3n) is 3.95. The lowest BCUT2D eigenvalue weighted by Crippen LogP contribution is -2.42. The van der Waals surface area contributed by atoms with Crippen molar-refractivity contribution in [3.63, 3.8) is 0 Å². The second-order valence-electron chi connectivity index (χ2n) is 5.53. The van der Waals surface area contributed by atoms with Crippen LogP contribution in [0.3, 0.4) is 0 Å². The van der Waals surface area contributed by atoms with Gasteiger partial charge in [0.1, 0.15) is 6.04 Å². The van der Waals surface area contributed by atoms with E-state index in [1.807, 2.05) is 25.4 Å². The van der Waals surface area contributed by atoms with Gasteiger partial charge in [0.15, 0.2) is 0 Å². The highest BCUT2D eigenvalue weighted by molar-refractivity contribution is 5.96. The van der Waals surface area contributed by atoms with Gasteiger partial charge in [0.25, 0.3) is 5.91 Å². The van der Waals surface area contributed by atoms with Crippen LogP contribution in [0, 0.1) is 11.3 Å². The number of anilines is 1. The Morgan fingerprint density at radius 2 is 2.17 bits per heavy atom. The highest BCUT2D eigenvalue weighted by Crippen LogP contribution is 2.27. The monoisotopic (exact) mass is 310 g/mol. The Morgan fingerprint density at radius 1 is 1.39 bits per heavy atom. The van der Waals surface area contributed by atoms with Gasteiger partial charge in [-0.2, -0.15) is 5.26 Å². The average Bonchev–Trinajstić information content (AvgIpc) is 3.04. The number of nitrogens with one attached hydrogen (secondary N) is 1. The van der Waals surface area contributed by atoms with E-state index in [0.29, 0.717) is 18.7 Å². The molecule has 0 saturated carbocycles. The zero-order valence-corrected chi connectivity index (χ0v) is 12.9. The summed E-state index contributed by atoms with van der Waals surface area (Å²) in [6.07, 6.45) is 3.48. The predicted molar refractivity (Wildman–Crippen MR) is 84.6 cm³/mol. The van der Waals surface area contributed by atoms with Crippen LogP contribution in [0.1, 0.15) is 30.1 Å². The first kappa shape index (κ1) is 15.2. The van der Waals surface area contributed by atoms with Crippen molar-refractivity contribution < 1.29 is 4.79 Å². The lowest BCUT2D eigenvalue weighted by atomic mass is 10.0. The lowest BCUT2D eigenvalue weighted by Gasteiger charge is -2.32. The Bertz CT molecular complexity index is 730. The third-order valence-corrected chi connectivity index (χ3v) is 3.95. The molecule has 2 heterocycles. The Balaban J connectivity index is 1.81. The van der Waals surface area contributed by atoms with E-state index in [1.165, 1.54) is 0 Å². The average molecular weight is 310 g/mol. The molecule has 0 radical (unpaired) electrons. The summed E-state index contributed by atoms with van der Waals surface area (Å²) >= 11 is 0. The molecule has 0 spiro atoms. The van der Waals surface area contributed by atoms with Gasteiger partial charge in [0.2, 0.25) is 0 Å². The van der Waals surface area contributed by atoms with Gasteiger partial charge in [-0.1, -0.05) is 5.21 Å². The molecule has 3 rings (SSSR count). The van der Waals surface area contributed by atoms with Gasteiger partial charge in [-0.15, -0.1) is 5.10 Å². The van der Waals surface area contributed by atoms with Crippen molar-refractivity contribution in [2.45, 2.75) is 25.4 Å². The molecular formula is C16H18N6O. The molecule has 1 N–H and O–H groups in total. The maximum absolute atomic E-state index is 12.8. The Morgan fingerprint density at radius 3 is 2.87 bits per heavy atom. The zero-order chi connectivity index (χ0) is 16.2. The van der Waals surface area contributed by atoms with Gasteiger partial charge >= 0.3 is 0 Å². The minimum Gasteiger partial charge on any atom is -0.314 e. The van der Waals surface area contributed by atoms with Crippen LogP contribution in [0.5, 0.6) is 0 Å². The fraction of sp³-hybridized carbons (Fsp3) is 0.375. The van der Waals surface area contributed by atoms with E-state index < -0.39 is 0 Å². The SMILES string of the molecule is CNCc1cn(C2CCCN(c3ccc(C#N)cc3)C2=O)nn1. The van der Waals surface area contributed by atoms with Gasteiger partial charge in [0, 0.05) is 18.8 Å². The van der Waals surface area contributed by atoms with E-state index >= 15 is 0 Å². The summed E-state index contributed by atoms with van der Waals surface area (Å²) in [6, 6.07) is 8.85. The van der Waals surface area contributed by atoms with Crippen molar-refractivity contribution in [1.29, 1.82) is 5.26 Å². The minimum absolute atomic E-state index is 0.0156. The maximum Gasteiger partial charge on any atom is 0.251 e. The first-order chi connectivity index (χ1) is 11.2. The van der Waals surface area contributed by atoms with E-state index in [2.05, 4.69) is 21.7 Å². The number of carbonyl (C=O) groups is 1. The molecule has 1 amide bonds. The number of nitriles is 1. The maximum atomic E-state index is 12.8. The molecule has 7 nitrogen and oxygen atoms in total. The molecule has 7 heteroatoms. The molecule has 1 saturated heterocycles. The zero-order valence-electron chi connectivity index (χ0n) is 12.9. The number of piperidine rings is 1. The van der Waals surface area contributed by atoms with Crippen molar-refractivity contribution in [3.8, 4) is 6.07 Å². The van der Waals surface area contributed by atoms with Crippen LogP contribution in [0.2, 0.25) is 0 Å². The van der Waals surface area contributed by atoms with Crippen molar-refractivity contribution in [1.82, 2.24) is 20.3 Å². The van der Waals surface area contributed by atoms with Crippen LogP contribution in [-0.2, 0) is 11.3 Å². The molecule has 1 aliphatic heterocycles. The fourth-order valence-electron chi connectivity index (χ4n) is 2.80. The van der Waals surface area contributed by atoms with Gasteiger partial charge in [-0.25, -0.2) is 4.68 Å². The standard InChI is InChI=1S/C16H18N6O/c1-18-10-13-11-22(20-19-13)15-3-2-8-21(16(15)23)14-6-4-12(9-17)5-7-14/h4-7,11,15,18H,2-3,8,10H2,1H3. The molecule has 23 heavy (non-hydrogen) atoms. The molecule has 1 aromatic carbocycles. The van der Waals surface area contributed by atoms with Crippen molar-refractivity contribution in [2.24, 2.45) is 0 Å². The van der Waals surface area contributed by atoms with Crippen LogP contribution in [0.15, 0.2) is 30.5 Å². The summed E-state index contributed by atoms with van der Waals surface area (Å²) in [6.45, 7) is 1.31. The van der Waals surface area contributed by atoms with Gasteiger partial charge in [0.05, 0.1) is 23.5 Å². The van der Waals surface area contributed by atoms with E-state index in [1.54, 1.807) is 21.7 Å². The topological polar surface area (TPSA) is 86.8 Å². The summed E-state index contributed by atoms with van der Waals surface area (Å²) in [7, 11) is 1.84. The highest BCUT2D eigenvalue weighted by atomic mass is 16.2. The number of nitrogens with zero attached hydrogens (tertiary/aromatic N) is 5. The molecule has 2 aromatic rings. The Hall–Kier alpha value is -2.72. The quantitative estimate of drug-likeness (QED) is 0.918. The number of hydrogen-bond donors (Lipinski definition) is 1. The largest absolute Gasteiger partial charge is 0.314 e. The van der Waals surface area contributed by atoms with Crippen LogP contribution >= 0.6 is 0 Å². The predicted octanol–water partition coefficient (Wildman–Crippen LogP) is 1.24. The van der Waals surface area contributed by atoms with Crippen LogP contribution in [0.25, 0.3) is 0 Å². The van der Waals surface area contributed by atoms with Gasteiger partial charge in [-0.05, 0) is 44.2 Å². The van der Waals surface area contributed by atoms with Crippen LogP contribution in [-0.4, -0.2) is 34.5 Å². The molecule has 1 aromatic heterocycles. The fourth-order valence-corrected chi connectivity index (χ4v) is 2.80. The van der Waals surface area contributed by atoms with Gasteiger partial charge in [-0.3, -0.25) is 4.79 Å². The summed E-state index contributed by atoms with van der Waals surface area (Å²) < 4.78 is 1.66. The molecule has 1 unspecified atom stereocenters. The number of hydrogen-bond acceptors (Lipinski definition) is 5. The van der Waals surface area contributed by atoms with E-state index in [0.717, 1.165) is 24.2 Å². The Kier molecular flexibility index (Phi) is 4.35. The number of amides is 1. The highest BCUT2D eigenvalue weighted by Gasteiger charge is 2.31. The second-order valence-corrected chi connectivity index (χ2v) is 5.53. The van der Waals surface area contributed by atoms with Gasteiger partial charge < -0.3 is 10.2 Å². The number of benzene rings is 1. The first-order valence-corrected chi connectivity index (χ1v) is 7.60. The third kappa shape index (κ3) is 3.07. The molecule has 1 atom stereocenters. The number of rotatable bonds is 4.